The van der Waals surface area contributed by atoms with Crippen molar-refractivity contribution in [3.63, 3.8) is 0 Å². The Morgan fingerprint density at radius 1 is 1.27 bits per heavy atom. The molecule has 2 saturated heterocycles. The number of amides is 1. The first kappa shape index (κ1) is 15.3. The van der Waals surface area contributed by atoms with Gasteiger partial charge in [-0.15, -0.1) is 0 Å². The predicted octanol–water partition coefficient (Wildman–Crippen LogP) is 0.949. The Balaban J connectivity index is 1.52. The molecule has 0 radical (unpaired) electrons. The number of nitrogens with one attached hydrogen (secondary N) is 1. The molecule has 5 nitrogen and oxygen atoms in total. The Bertz CT molecular complexity index is 506. The van der Waals surface area contributed by atoms with Crippen LogP contribution in [0, 0.1) is 5.92 Å². The van der Waals surface area contributed by atoms with Crippen LogP contribution in [-0.4, -0.2) is 62.1 Å². The fourth-order valence-electron chi connectivity index (χ4n) is 3.32. The number of para-hydroxylation sites is 1. The van der Waals surface area contributed by atoms with Crippen LogP contribution in [0.25, 0.3) is 0 Å². The van der Waals surface area contributed by atoms with Gasteiger partial charge in [0, 0.05) is 44.8 Å². The van der Waals surface area contributed by atoms with E-state index in [-0.39, 0.29) is 5.92 Å². The first-order chi connectivity index (χ1) is 10.8. The minimum Gasteiger partial charge on any atom is -0.496 e. The summed E-state index contributed by atoms with van der Waals surface area (Å²) >= 11 is 0. The van der Waals surface area contributed by atoms with Gasteiger partial charge in [-0.05, 0) is 19.0 Å². The molecule has 3 rings (SSSR count). The largest absolute Gasteiger partial charge is 0.496 e. The number of hydrogen-bond donors (Lipinski definition) is 1. The highest BCUT2D eigenvalue weighted by Gasteiger charge is 2.29. The second-order valence-electron chi connectivity index (χ2n) is 6.10. The minimum atomic E-state index is 0.195. The molecular weight excluding hydrogens is 278 g/mol. The van der Waals surface area contributed by atoms with Gasteiger partial charge in [0.2, 0.25) is 5.91 Å². The highest BCUT2D eigenvalue weighted by Crippen LogP contribution is 2.20. The summed E-state index contributed by atoms with van der Waals surface area (Å²) in [7, 11) is 1.71. The molecule has 2 fully saturated rings. The second-order valence-corrected chi connectivity index (χ2v) is 6.10. The number of benzene rings is 1. The van der Waals surface area contributed by atoms with Crippen molar-refractivity contribution in [3.05, 3.63) is 29.8 Å². The molecule has 0 saturated carbocycles. The van der Waals surface area contributed by atoms with Crippen LogP contribution in [0.3, 0.4) is 0 Å². The molecule has 1 amide bonds. The van der Waals surface area contributed by atoms with E-state index in [1.807, 2.05) is 23.1 Å². The van der Waals surface area contributed by atoms with Crippen LogP contribution in [-0.2, 0) is 11.3 Å². The lowest BCUT2D eigenvalue weighted by Crippen LogP contribution is -2.50. The van der Waals surface area contributed by atoms with E-state index in [1.54, 1.807) is 7.11 Å². The first-order valence-corrected chi connectivity index (χ1v) is 8.11. The summed E-state index contributed by atoms with van der Waals surface area (Å²) in [6.07, 6.45) is 0.986. The maximum Gasteiger partial charge on any atom is 0.227 e. The van der Waals surface area contributed by atoms with E-state index in [2.05, 4.69) is 16.3 Å². The number of carbonyl (C=O) groups is 1. The molecule has 0 bridgehead atoms. The van der Waals surface area contributed by atoms with Crippen LogP contribution >= 0.6 is 0 Å². The van der Waals surface area contributed by atoms with E-state index in [4.69, 9.17) is 4.74 Å². The highest BCUT2D eigenvalue weighted by molar-refractivity contribution is 5.79. The normalized spacial score (nSPS) is 22.8. The van der Waals surface area contributed by atoms with Gasteiger partial charge in [0.15, 0.2) is 0 Å². The summed E-state index contributed by atoms with van der Waals surface area (Å²) in [5.74, 6) is 1.47. The van der Waals surface area contributed by atoms with Crippen LogP contribution in [0.5, 0.6) is 5.75 Å². The molecule has 120 valence electrons. The lowest BCUT2D eigenvalue weighted by atomic mass is 10.1. The Labute approximate surface area is 132 Å². The molecule has 2 aliphatic rings. The molecule has 0 aliphatic carbocycles. The van der Waals surface area contributed by atoms with Crippen molar-refractivity contribution in [1.29, 1.82) is 0 Å². The zero-order valence-electron chi connectivity index (χ0n) is 13.3. The fraction of sp³-hybridized carbons (Fsp3) is 0.588. The summed E-state index contributed by atoms with van der Waals surface area (Å²) < 4.78 is 5.42. The molecule has 1 aromatic rings. The van der Waals surface area contributed by atoms with E-state index in [1.165, 1.54) is 5.56 Å². The number of ether oxygens (including phenoxy) is 1. The monoisotopic (exact) mass is 303 g/mol. The molecule has 0 aromatic heterocycles. The number of methoxy groups -OCH3 is 1. The van der Waals surface area contributed by atoms with E-state index in [0.29, 0.717) is 5.91 Å². The van der Waals surface area contributed by atoms with Crippen LogP contribution < -0.4 is 10.1 Å². The van der Waals surface area contributed by atoms with Crippen molar-refractivity contribution in [2.75, 3.05) is 46.4 Å². The van der Waals surface area contributed by atoms with Gasteiger partial charge in [0.05, 0.1) is 13.0 Å². The van der Waals surface area contributed by atoms with Crippen LogP contribution in [0.15, 0.2) is 24.3 Å². The third kappa shape index (κ3) is 3.42. The van der Waals surface area contributed by atoms with Gasteiger partial charge in [-0.3, -0.25) is 9.69 Å². The third-order valence-electron chi connectivity index (χ3n) is 4.68. The smallest absolute Gasteiger partial charge is 0.227 e. The molecule has 2 heterocycles. The van der Waals surface area contributed by atoms with Gasteiger partial charge >= 0.3 is 0 Å². The van der Waals surface area contributed by atoms with Crippen molar-refractivity contribution < 1.29 is 9.53 Å². The van der Waals surface area contributed by atoms with Crippen LogP contribution in [0.1, 0.15) is 12.0 Å². The molecule has 22 heavy (non-hydrogen) atoms. The number of hydrogen-bond acceptors (Lipinski definition) is 4. The van der Waals surface area contributed by atoms with Gasteiger partial charge in [-0.1, -0.05) is 18.2 Å². The van der Waals surface area contributed by atoms with E-state index >= 15 is 0 Å². The summed E-state index contributed by atoms with van der Waals surface area (Å²) in [5, 5.41) is 3.27. The summed E-state index contributed by atoms with van der Waals surface area (Å²) in [6, 6.07) is 8.15. The molecule has 1 N–H and O–H groups in total. The fourth-order valence-corrected chi connectivity index (χ4v) is 3.32. The molecule has 2 aliphatic heterocycles. The number of carbonyl (C=O) groups excluding carboxylic acids is 1. The van der Waals surface area contributed by atoms with Crippen LogP contribution in [0.4, 0.5) is 0 Å². The molecule has 0 unspecified atom stereocenters. The Morgan fingerprint density at radius 3 is 2.73 bits per heavy atom. The first-order valence-electron chi connectivity index (χ1n) is 8.11. The maximum absolute atomic E-state index is 12.4. The van der Waals surface area contributed by atoms with E-state index in [0.717, 1.165) is 58.0 Å². The quantitative estimate of drug-likeness (QED) is 0.899. The maximum atomic E-state index is 12.4. The Morgan fingerprint density at radius 2 is 2.05 bits per heavy atom. The third-order valence-corrected chi connectivity index (χ3v) is 4.68. The van der Waals surface area contributed by atoms with Crippen molar-refractivity contribution in [1.82, 2.24) is 15.1 Å². The topological polar surface area (TPSA) is 44.8 Å². The van der Waals surface area contributed by atoms with E-state index in [9.17, 15) is 4.79 Å². The summed E-state index contributed by atoms with van der Waals surface area (Å²) in [6.45, 7) is 6.25. The van der Waals surface area contributed by atoms with Gasteiger partial charge in [-0.25, -0.2) is 0 Å². The average Bonchev–Trinajstić information content (AvgIpc) is 3.10. The summed E-state index contributed by atoms with van der Waals surface area (Å²) in [5.41, 5.74) is 1.21. The van der Waals surface area contributed by atoms with Crippen molar-refractivity contribution in [2.45, 2.75) is 13.0 Å². The lowest BCUT2D eigenvalue weighted by Gasteiger charge is -2.36. The molecular formula is C17H25N3O2. The van der Waals surface area contributed by atoms with Gasteiger partial charge in [-0.2, -0.15) is 0 Å². The molecule has 1 aromatic carbocycles. The number of piperazine rings is 1. The average molecular weight is 303 g/mol. The van der Waals surface area contributed by atoms with E-state index < -0.39 is 0 Å². The standard InChI is InChI=1S/C17H25N3O2/c1-22-16-5-3-2-4-15(16)13-19-8-10-20(11-9-19)17(21)14-6-7-18-12-14/h2-5,14,18H,6-13H2,1H3/t14-/m1/s1. The number of nitrogens with zero attached hydrogens (tertiary/aromatic N) is 2. The SMILES string of the molecule is COc1ccccc1CN1CCN(C(=O)[C@@H]2CCNC2)CC1. The Kier molecular flexibility index (Phi) is 4.95. The molecule has 5 heteroatoms. The highest BCUT2D eigenvalue weighted by atomic mass is 16.5. The minimum absolute atomic E-state index is 0.195. The molecule has 0 spiro atoms. The van der Waals surface area contributed by atoms with Crippen molar-refractivity contribution in [2.24, 2.45) is 5.92 Å². The zero-order valence-corrected chi connectivity index (χ0v) is 13.3. The lowest BCUT2D eigenvalue weighted by molar-refractivity contribution is -0.136. The zero-order chi connectivity index (χ0) is 15.4. The van der Waals surface area contributed by atoms with Crippen molar-refractivity contribution in [3.8, 4) is 5.75 Å². The number of rotatable bonds is 4. The van der Waals surface area contributed by atoms with Gasteiger partial charge in [0.25, 0.3) is 0 Å². The predicted molar refractivity (Wildman–Crippen MR) is 85.8 cm³/mol. The van der Waals surface area contributed by atoms with Gasteiger partial charge < -0.3 is 15.0 Å². The molecule has 1 atom stereocenters. The Hall–Kier alpha value is -1.59. The van der Waals surface area contributed by atoms with Crippen molar-refractivity contribution >= 4 is 5.91 Å². The van der Waals surface area contributed by atoms with Crippen LogP contribution in [0.2, 0.25) is 0 Å². The second kappa shape index (κ2) is 7.11. The summed E-state index contributed by atoms with van der Waals surface area (Å²) in [4.78, 5) is 16.8. The van der Waals surface area contributed by atoms with Gasteiger partial charge in [0.1, 0.15) is 5.75 Å².